The lowest BCUT2D eigenvalue weighted by molar-refractivity contribution is -0.314. The molecule has 0 spiro atoms. The molecule has 286 valence electrons. The number of carbonyl (C=O) groups is 6. The second-order valence-corrected chi connectivity index (χ2v) is 15.6. The van der Waals surface area contributed by atoms with Crippen LogP contribution in [0.5, 0.6) is 0 Å². The van der Waals surface area contributed by atoms with E-state index in [1.807, 2.05) is 6.92 Å². The molecule has 0 aromatic carbocycles. The fraction of sp³-hybridized carbons (Fsp3) is 0.833. The maximum absolute atomic E-state index is 14.2. The van der Waals surface area contributed by atoms with Gasteiger partial charge < -0.3 is 43.4 Å². The molecule has 5 rings (SSSR count). The summed E-state index contributed by atoms with van der Waals surface area (Å²) in [5.74, 6) is -3.95. The van der Waals surface area contributed by atoms with Crippen LogP contribution in [0.25, 0.3) is 0 Å². The van der Waals surface area contributed by atoms with E-state index >= 15 is 0 Å². The molecule has 2 N–H and O–H groups in total. The first-order chi connectivity index (χ1) is 23.9. The molecule has 0 radical (unpaired) electrons. The fourth-order valence-corrected chi connectivity index (χ4v) is 10.5. The largest absolute Gasteiger partial charge is 0.467 e. The molecule has 0 aromatic heterocycles. The van der Waals surface area contributed by atoms with Gasteiger partial charge in [-0.2, -0.15) is 0 Å². The van der Waals surface area contributed by atoms with Gasteiger partial charge in [-0.1, -0.05) is 13.8 Å². The summed E-state index contributed by atoms with van der Waals surface area (Å²) in [5, 5.41) is 22.9. The van der Waals surface area contributed by atoms with Crippen molar-refractivity contribution >= 4 is 35.6 Å². The normalized spacial score (nSPS) is 42.3. The summed E-state index contributed by atoms with van der Waals surface area (Å²) in [5.41, 5.74) is -2.83. The SMILES string of the molecule is COC(=O)[C@@H]1O[C@@H](O[C@@H]2CC[C@]3(C)[C@H](CC[C@@H]4[C@@H]3C(=O)C[C@]3(C)[C@H]4CC[C@]3(O)[C@@H](O)COC(C)=O)C2)[C@H](OC(C)=O)[C@@H](OC(C)=O)[C@@H]1OC(C)=O. The first-order valence-electron chi connectivity index (χ1n) is 17.8. The Balaban J connectivity index is 1.35. The van der Waals surface area contributed by atoms with Crippen LogP contribution >= 0.6 is 0 Å². The number of carbonyl (C=O) groups excluding carboxylic acids is 6. The van der Waals surface area contributed by atoms with Crippen molar-refractivity contribution in [2.24, 2.45) is 34.5 Å². The Hall–Kier alpha value is -3.14. The van der Waals surface area contributed by atoms with E-state index in [1.165, 1.54) is 6.92 Å². The maximum atomic E-state index is 14.2. The highest BCUT2D eigenvalue weighted by Gasteiger charge is 2.69. The number of rotatable bonds is 9. The Labute approximate surface area is 297 Å². The molecule has 15 heteroatoms. The Kier molecular flexibility index (Phi) is 11.3. The lowest BCUT2D eigenvalue weighted by Gasteiger charge is -2.61. The summed E-state index contributed by atoms with van der Waals surface area (Å²) in [6.07, 6.45) is -4.87. The number of hydrogen-bond acceptors (Lipinski definition) is 15. The van der Waals surface area contributed by atoms with Gasteiger partial charge in [0.25, 0.3) is 0 Å². The van der Waals surface area contributed by atoms with Gasteiger partial charge >= 0.3 is 29.8 Å². The standard InChI is InChI=1S/C36H52O15/c1-17(37)46-16-26(42)36(44)13-11-24-23-9-8-21-14-22(10-12-34(21,5)27(23)25(41)15-35(24,36)6)50-33-31(49-20(4)40)29(48-19(3)39)28(47-18(2)38)30(51-33)32(43)45-7/h21-24,26-31,33,42,44H,8-16H2,1-7H3/t21-,22-,23+,24+,26+,27-,28+,29+,30-,31-,33-,34-,35-,36+/m1/s1. The molecule has 5 aliphatic rings. The third kappa shape index (κ3) is 7.15. The molecular formula is C36H52O15. The quantitative estimate of drug-likeness (QED) is 0.198. The average molecular weight is 725 g/mol. The van der Waals surface area contributed by atoms with Crippen molar-refractivity contribution in [3.63, 3.8) is 0 Å². The molecule has 4 saturated carbocycles. The van der Waals surface area contributed by atoms with Gasteiger partial charge in [0.05, 0.1) is 18.8 Å². The van der Waals surface area contributed by atoms with Crippen LogP contribution in [0.4, 0.5) is 0 Å². The monoisotopic (exact) mass is 724 g/mol. The molecule has 51 heavy (non-hydrogen) atoms. The molecule has 1 saturated heterocycles. The molecule has 0 aromatic rings. The minimum absolute atomic E-state index is 0.00320. The average Bonchev–Trinajstić information content (AvgIpc) is 3.31. The van der Waals surface area contributed by atoms with E-state index in [1.54, 1.807) is 0 Å². The first-order valence-corrected chi connectivity index (χ1v) is 17.8. The highest BCUT2D eigenvalue weighted by atomic mass is 16.7. The van der Waals surface area contributed by atoms with Crippen LogP contribution in [0.2, 0.25) is 0 Å². The number of aliphatic hydroxyl groups excluding tert-OH is 1. The maximum Gasteiger partial charge on any atom is 0.339 e. The van der Waals surface area contributed by atoms with Gasteiger partial charge in [0.2, 0.25) is 0 Å². The predicted octanol–water partition coefficient (Wildman–Crippen LogP) is 1.94. The van der Waals surface area contributed by atoms with Crippen molar-refractivity contribution in [1.29, 1.82) is 0 Å². The van der Waals surface area contributed by atoms with E-state index in [0.717, 1.165) is 40.7 Å². The van der Waals surface area contributed by atoms with Crippen LogP contribution in [0, 0.1) is 34.5 Å². The van der Waals surface area contributed by atoms with Crippen molar-refractivity contribution < 1.29 is 72.1 Å². The van der Waals surface area contributed by atoms with Crippen molar-refractivity contribution in [1.82, 2.24) is 0 Å². The van der Waals surface area contributed by atoms with E-state index in [2.05, 4.69) is 6.92 Å². The lowest BCUT2D eigenvalue weighted by Crippen LogP contribution is -2.65. The van der Waals surface area contributed by atoms with E-state index in [-0.39, 0.29) is 47.9 Å². The van der Waals surface area contributed by atoms with E-state index in [0.29, 0.717) is 32.1 Å². The summed E-state index contributed by atoms with van der Waals surface area (Å²) in [4.78, 5) is 75.0. The molecule has 1 aliphatic heterocycles. The molecule has 0 unspecified atom stereocenters. The third-order valence-electron chi connectivity index (χ3n) is 12.7. The van der Waals surface area contributed by atoms with E-state index in [9.17, 15) is 39.0 Å². The van der Waals surface area contributed by atoms with E-state index in [4.69, 9.17) is 33.2 Å². The predicted molar refractivity (Wildman–Crippen MR) is 172 cm³/mol. The number of ketones is 1. The number of methoxy groups -OCH3 is 1. The van der Waals surface area contributed by atoms with Crippen molar-refractivity contribution in [2.45, 2.75) is 141 Å². The van der Waals surface area contributed by atoms with Gasteiger partial charge in [-0.3, -0.25) is 24.0 Å². The summed E-state index contributed by atoms with van der Waals surface area (Å²) < 4.78 is 38.8. The number of Topliss-reactive ketones (excluding diaryl/α,β-unsaturated/α-hetero) is 1. The van der Waals surface area contributed by atoms with Gasteiger partial charge in [0.15, 0.2) is 30.7 Å². The molecular weight excluding hydrogens is 672 g/mol. The van der Waals surface area contributed by atoms with Crippen molar-refractivity contribution in [2.75, 3.05) is 13.7 Å². The number of ether oxygens (including phenoxy) is 7. The van der Waals surface area contributed by atoms with Crippen LogP contribution in [-0.2, 0) is 61.9 Å². The summed E-state index contributed by atoms with van der Waals surface area (Å²) >= 11 is 0. The summed E-state index contributed by atoms with van der Waals surface area (Å²) in [6, 6.07) is 0. The second kappa shape index (κ2) is 14.7. The number of esters is 5. The second-order valence-electron chi connectivity index (χ2n) is 15.6. The van der Waals surface area contributed by atoms with Crippen LogP contribution in [0.15, 0.2) is 0 Å². The van der Waals surface area contributed by atoms with E-state index < -0.39 is 83.8 Å². The summed E-state index contributed by atoms with van der Waals surface area (Å²) in [7, 11) is 1.12. The topological polar surface area (TPSA) is 207 Å². The van der Waals surface area contributed by atoms with Gasteiger partial charge in [-0.05, 0) is 68.1 Å². The molecule has 5 fully saturated rings. The van der Waals surface area contributed by atoms with Crippen LogP contribution in [0.3, 0.4) is 0 Å². The number of hydrogen-bond donors (Lipinski definition) is 2. The Morgan fingerprint density at radius 3 is 2.10 bits per heavy atom. The molecule has 0 bridgehead atoms. The van der Waals surface area contributed by atoms with Gasteiger partial charge in [0, 0.05) is 45.4 Å². The van der Waals surface area contributed by atoms with Crippen LogP contribution in [-0.4, -0.2) is 108 Å². The third-order valence-corrected chi connectivity index (χ3v) is 12.7. The van der Waals surface area contributed by atoms with Crippen molar-refractivity contribution in [3.05, 3.63) is 0 Å². The minimum atomic E-state index is -1.57. The molecule has 4 aliphatic carbocycles. The number of aliphatic hydroxyl groups is 2. The minimum Gasteiger partial charge on any atom is -0.467 e. The smallest absolute Gasteiger partial charge is 0.339 e. The summed E-state index contributed by atoms with van der Waals surface area (Å²) in [6.45, 7) is 8.31. The zero-order chi connectivity index (χ0) is 37.6. The molecule has 14 atom stereocenters. The van der Waals surface area contributed by atoms with Crippen LogP contribution in [0.1, 0.15) is 92.9 Å². The lowest BCUT2D eigenvalue weighted by atomic mass is 9.44. The Morgan fingerprint density at radius 2 is 1.49 bits per heavy atom. The zero-order valence-electron chi connectivity index (χ0n) is 30.4. The van der Waals surface area contributed by atoms with Crippen molar-refractivity contribution in [3.8, 4) is 0 Å². The highest BCUT2D eigenvalue weighted by Crippen LogP contribution is 2.68. The van der Waals surface area contributed by atoms with Gasteiger partial charge in [-0.15, -0.1) is 0 Å². The first kappa shape index (κ1) is 39.1. The number of fused-ring (bicyclic) bond motifs is 5. The zero-order valence-corrected chi connectivity index (χ0v) is 30.4. The molecule has 15 nitrogen and oxygen atoms in total. The van der Waals surface area contributed by atoms with Crippen LogP contribution < -0.4 is 0 Å². The molecule has 1 heterocycles. The Bertz CT molecular complexity index is 1400. The fourth-order valence-electron chi connectivity index (χ4n) is 10.5. The van der Waals surface area contributed by atoms with Gasteiger partial charge in [0.1, 0.15) is 18.5 Å². The molecule has 0 amide bonds. The Morgan fingerprint density at radius 1 is 0.863 bits per heavy atom. The van der Waals surface area contributed by atoms with Gasteiger partial charge in [-0.25, -0.2) is 4.79 Å². The highest BCUT2D eigenvalue weighted by molar-refractivity contribution is 5.84.